The summed E-state index contributed by atoms with van der Waals surface area (Å²) >= 11 is 1.36. The van der Waals surface area contributed by atoms with Crippen LogP contribution in [0.2, 0.25) is 0 Å². The topological polar surface area (TPSA) is 69.6 Å². The lowest BCUT2D eigenvalue weighted by molar-refractivity contribution is 0.561. The molecule has 6 heteroatoms. The van der Waals surface area contributed by atoms with Crippen LogP contribution in [0.4, 0.5) is 0 Å². The Hall–Kier alpha value is -1.27. The summed E-state index contributed by atoms with van der Waals surface area (Å²) in [6.45, 7) is 4.94. The lowest BCUT2D eigenvalue weighted by Gasteiger charge is -2.12. The molecular formula is C10H15N5S. The highest BCUT2D eigenvalue weighted by atomic mass is 32.1. The summed E-state index contributed by atoms with van der Waals surface area (Å²) in [6, 6.07) is 1.79. The number of hydrogen-bond acceptors (Lipinski definition) is 5. The minimum absolute atomic E-state index is 0.172. The third kappa shape index (κ3) is 1.98. The zero-order valence-electron chi connectivity index (χ0n) is 9.42. The summed E-state index contributed by atoms with van der Waals surface area (Å²) in [4.78, 5) is 1.01. The maximum Gasteiger partial charge on any atom is 0.0852 e. The Labute approximate surface area is 98.4 Å². The first kappa shape index (κ1) is 11.2. The number of hydrogen-bond donors (Lipinski definition) is 1. The van der Waals surface area contributed by atoms with E-state index in [9.17, 15) is 0 Å². The van der Waals surface area contributed by atoms with Gasteiger partial charge in [0.2, 0.25) is 0 Å². The highest BCUT2D eigenvalue weighted by Gasteiger charge is 2.18. The Kier molecular flexibility index (Phi) is 3.31. The van der Waals surface area contributed by atoms with Crippen LogP contribution in [0.25, 0.3) is 0 Å². The highest BCUT2D eigenvalue weighted by Crippen LogP contribution is 2.24. The fourth-order valence-electron chi connectivity index (χ4n) is 1.66. The van der Waals surface area contributed by atoms with Crippen LogP contribution < -0.4 is 5.73 Å². The van der Waals surface area contributed by atoms with Gasteiger partial charge < -0.3 is 5.73 Å². The molecule has 2 N–H and O–H groups in total. The molecule has 0 aromatic carbocycles. The van der Waals surface area contributed by atoms with Gasteiger partial charge in [0.15, 0.2) is 0 Å². The minimum Gasteiger partial charge on any atom is -0.318 e. The summed E-state index contributed by atoms with van der Waals surface area (Å²) in [5.41, 5.74) is 8.14. The van der Waals surface area contributed by atoms with Gasteiger partial charge in [0, 0.05) is 12.7 Å². The molecule has 0 fully saturated rings. The van der Waals surface area contributed by atoms with Gasteiger partial charge in [-0.1, -0.05) is 11.4 Å². The molecule has 2 rings (SSSR count). The summed E-state index contributed by atoms with van der Waals surface area (Å²) < 4.78 is 5.86. The van der Waals surface area contributed by atoms with Crippen LogP contribution in [0, 0.1) is 6.92 Å². The first-order valence-electron chi connectivity index (χ1n) is 5.30. The molecule has 2 aromatic rings. The number of rotatable bonds is 4. The van der Waals surface area contributed by atoms with E-state index >= 15 is 0 Å². The van der Waals surface area contributed by atoms with Crippen LogP contribution in [0.5, 0.6) is 0 Å². The number of nitrogens with zero attached hydrogens (tertiary/aromatic N) is 4. The van der Waals surface area contributed by atoms with E-state index in [2.05, 4.69) is 21.6 Å². The van der Waals surface area contributed by atoms with E-state index in [0.29, 0.717) is 0 Å². The van der Waals surface area contributed by atoms with Crippen LogP contribution in [0.15, 0.2) is 12.3 Å². The Bertz CT molecular complexity index is 461. The first-order valence-corrected chi connectivity index (χ1v) is 6.07. The van der Waals surface area contributed by atoms with E-state index in [0.717, 1.165) is 29.2 Å². The predicted molar refractivity (Wildman–Crippen MR) is 63.2 cm³/mol. The van der Waals surface area contributed by atoms with E-state index in [4.69, 9.17) is 5.73 Å². The lowest BCUT2D eigenvalue weighted by Crippen LogP contribution is -2.17. The number of aromatic nitrogens is 4. The second kappa shape index (κ2) is 4.71. The van der Waals surface area contributed by atoms with E-state index in [-0.39, 0.29) is 6.04 Å². The Morgan fingerprint density at radius 3 is 3.00 bits per heavy atom. The fourth-order valence-corrected chi connectivity index (χ4v) is 2.32. The molecule has 0 aliphatic heterocycles. The average molecular weight is 237 g/mol. The van der Waals surface area contributed by atoms with Gasteiger partial charge in [-0.15, -0.1) is 5.10 Å². The maximum atomic E-state index is 6.21. The molecule has 0 spiro atoms. The minimum atomic E-state index is -0.172. The van der Waals surface area contributed by atoms with Crippen molar-refractivity contribution in [3.8, 4) is 0 Å². The van der Waals surface area contributed by atoms with Crippen molar-refractivity contribution in [2.45, 2.75) is 32.9 Å². The summed E-state index contributed by atoms with van der Waals surface area (Å²) in [5, 5.41) is 8.25. The number of aryl methyl sites for hydroxylation is 2. The molecule has 0 aliphatic carbocycles. The van der Waals surface area contributed by atoms with Crippen LogP contribution in [0.3, 0.4) is 0 Å². The predicted octanol–water partition coefficient (Wildman–Crippen LogP) is 1.50. The SMILES string of the molecule is CCCn1nccc1C(N)c1snnc1C. The van der Waals surface area contributed by atoms with Crippen LogP contribution in [0.1, 0.15) is 35.7 Å². The second-order valence-corrected chi connectivity index (χ2v) is 4.47. The van der Waals surface area contributed by atoms with Crippen molar-refractivity contribution in [2.75, 3.05) is 0 Å². The smallest absolute Gasteiger partial charge is 0.0852 e. The highest BCUT2D eigenvalue weighted by molar-refractivity contribution is 7.05. The summed E-state index contributed by atoms with van der Waals surface area (Å²) in [6.07, 6.45) is 2.83. The van der Waals surface area contributed by atoms with Crippen LogP contribution >= 0.6 is 11.5 Å². The molecule has 0 aliphatic rings. The van der Waals surface area contributed by atoms with Gasteiger partial charge in [0.05, 0.1) is 22.3 Å². The molecule has 1 atom stereocenters. The zero-order valence-corrected chi connectivity index (χ0v) is 10.2. The molecular weight excluding hydrogens is 222 g/mol. The normalized spacial score (nSPS) is 12.9. The third-order valence-corrected chi connectivity index (χ3v) is 3.38. The van der Waals surface area contributed by atoms with Gasteiger partial charge >= 0.3 is 0 Å². The molecule has 1 unspecified atom stereocenters. The van der Waals surface area contributed by atoms with Crippen molar-refractivity contribution >= 4 is 11.5 Å². The van der Waals surface area contributed by atoms with Gasteiger partial charge in [-0.3, -0.25) is 4.68 Å². The van der Waals surface area contributed by atoms with E-state index < -0.39 is 0 Å². The van der Waals surface area contributed by atoms with E-state index in [1.54, 1.807) is 6.20 Å². The second-order valence-electron chi connectivity index (χ2n) is 3.68. The zero-order chi connectivity index (χ0) is 11.5. The van der Waals surface area contributed by atoms with Crippen molar-refractivity contribution < 1.29 is 0 Å². The van der Waals surface area contributed by atoms with Crippen molar-refractivity contribution in [1.82, 2.24) is 19.4 Å². The van der Waals surface area contributed by atoms with Gasteiger partial charge in [0.25, 0.3) is 0 Å². The summed E-state index contributed by atoms with van der Waals surface area (Å²) in [5.74, 6) is 0. The standard InChI is InChI=1S/C10H15N5S/c1-3-6-15-8(4-5-12-15)9(11)10-7(2)13-14-16-10/h4-5,9H,3,6,11H2,1-2H3. The van der Waals surface area contributed by atoms with Crippen molar-refractivity contribution in [3.05, 3.63) is 28.5 Å². The Morgan fingerprint density at radius 1 is 1.56 bits per heavy atom. The monoisotopic (exact) mass is 237 g/mol. The van der Waals surface area contributed by atoms with Crippen LogP contribution in [-0.2, 0) is 6.54 Å². The van der Waals surface area contributed by atoms with Gasteiger partial charge in [-0.2, -0.15) is 5.10 Å². The molecule has 0 amide bonds. The molecule has 0 saturated carbocycles. The lowest BCUT2D eigenvalue weighted by atomic mass is 10.1. The van der Waals surface area contributed by atoms with Gasteiger partial charge in [-0.25, -0.2) is 0 Å². The van der Waals surface area contributed by atoms with Crippen molar-refractivity contribution in [3.63, 3.8) is 0 Å². The molecule has 0 radical (unpaired) electrons. The third-order valence-electron chi connectivity index (χ3n) is 2.47. The maximum absolute atomic E-state index is 6.21. The molecule has 0 bridgehead atoms. The van der Waals surface area contributed by atoms with Gasteiger partial charge in [-0.05, 0) is 30.9 Å². The van der Waals surface area contributed by atoms with Crippen LogP contribution in [-0.4, -0.2) is 19.4 Å². The van der Waals surface area contributed by atoms with E-state index in [1.807, 2.05) is 17.7 Å². The molecule has 0 saturated heterocycles. The van der Waals surface area contributed by atoms with Gasteiger partial charge in [0.1, 0.15) is 0 Å². The summed E-state index contributed by atoms with van der Waals surface area (Å²) in [7, 11) is 0. The first-order chi connectivity index (χ1) is 7.74. The van der Waals surface area contributed by atoms with E-state index in [1.165, 1.54) is 11.5 Å². The quantitative estimate of drug-likeness (QED) is 0.875. The Balaban J connectivity index is 2.30. The fraction of sp³-hybridized carbons (Fsp3) is 0.500. The van der Waals surface area contributed by atoms with Crippen molar-refractivity contribution in [2.24, 2.45) is 5.73 Å². The average Bonchev–Trinajstić information content (AvgIpc) is 2.87. The molecule has 2 aromatic heterocycles. The molecule has 2 heterocycles. The molecule has 86 valence electrons. The largest absolute Gasteiger partial charge is 0.318 e. The Morgan fingerprint density at radius 2 is 2.38 bits per heavy atom. The number of nitrogens with two attached hydrogens (primary N) is 1. The van der Waals surface area contributed by atoms with Crippen molar-refractivity contribution in [1.29, 1.82) is 0 Å². The molecule has 5 nitrogen and oxygen atoms in total. The molecule has 16 heavy (non-hydrogen) atoms.